The maximum atomic E-state index is 12.3. The summed E-state index contributed by atoms with van der Waals surface area (Å²) in [6.45, 7) is 0.0690. The number of hydrogen-bond acceptors (Lipinski definition) is 5. The predicted octanol–water partition coefficient (Wildman–Crippen LogP) is 3.60. The second-order valence-corrected chi connectivity index (χ2v) is 6.31. The molecule has 1 N–H and O–H groups in total. The highest BCUT2D eigenvalue weighted by Gasteiger charge is 2.12. The highest BCUT2D eigenvalue weighted by molar-refractivity contribution is 7.21. The van der Waals surface area contributed by atoms with Gasteiger partial charge in [0.1, 0.15) is 10.6 Å². The van der Waals surface area contributed by atoms with E-state index in [1.165, 1.54) is 11.3 Å². The van der Waals surface area contributed by atoms with E-state index in [-0.39, 0.29) is 6.61 Å². The first-order chi connectivity index (χ1) is 11.2. The molecule has 4 aromatic rings. The Morgan fingerprint density at radius 1 is 1.13 bits per heavy atom. The van der Waals surface area contributed by atoms with Crippen LogP contribution in [0.15, 0.2) is 57.7 Å². The smallest absolute Gasteiger partial charge is 0.346 e. The molecule has 0 bridgehead atoms. The van der Waals surface area contributed by atoms with Crippen LogP contribution in [0.5, 0.6) is 0 Å². The lowest BCUT2D eigenvalue weighted by molar-refractivity contribution is 0.299. The maximum absolute atomic E-state index is 12.3. The van der Waals surface area contributed by atoms with Gasteiger partial charge < -0.3 is 9.52 Å². The summed E-state index contributed by atoms with van der Waals surface area (Å²) in [5, 5.41) is 10.5. The average molecular weight is 323 g/mol. The molecule has 0 saturated carbocycles. The molecule has 0 saturated heterocycles. The highest BCUT2D eigenvalue weighted by atomic mass is 32.1. The van der Waals surface area contributed by atoms with Gasteiger partial charge in [-0.3, -0.25) is 0 Å². The Morgan fingerprint density at radius 3 is 2.83 bits per heavy atom. The van der Waals surface area contributed by atoms with Gasteiger partial charge in [0.25, 0.3) is 0 Å². The van der Waals surface area contributed by atoms with Crippen LogP contribution in [0, 0.1) is 0 Å². The molecule has 0 spiro atoms. The Morgan fingerprint density at radius 2 is 2.00 bits per heavy atom. The molecular weight excluding hydrogens is 310 g/mol. The van der Waals surface area contributed by atoms with Crippen molar-refractivity contribution >= 4 is 32.5 Å². The molecular formula is C18H13NO3S. The van der Waals surface area contributed by atoms with Crippen molar-refractivity contribution in [3.63, 3.8) is 0 Å². The summed E-state index contributed by atoms with van der Waals surface area (Å²) in [4.78, 5) is 16.9. The lowest BCUT2D eigenvalue weighted by Crippen LogP contribution is -2.02. The molecule has 0 fully saturated rings. The third kappa shape index (κ3) is 2.54. The fourth-order valence-corrected chi connectivity index (χ4v) is 3.55. The summed E-state index contributed by atoms with van der Waals surface area (Å²) >= 11 is 1.48. The molecule has 2 heterocycles. The molecule has 2 aromatic carbocycles. The average Bonchev–Trinajstić information content (AvgIpc) is 2.98. The molecule has 5 heteroatoms. The molecule has 0 radical (unpaired) electrons. The summed E-state index contributed by atoms with van der Waals surface area (Å²) in [6.07, 6.45) is 0.541. The zero-order valence-electron chi connectivity index (χ0n) is 12.2. The SMILES string of the molecule is O=c1oc2cc(CCO)ccc2cc1-c1nc2ccccc2s1. The fraction of sp³-hybridized carbons (Fsp3) is 0.111. The van der Waals surface area contributed by atoms with Gasteiger partial charge in [-0.05, 0) is 36.2 Å². The van der Waals surface area contributed by atoms with Gasteiger partial charge in [0.2, 0.25) is 0 Å². The summed E-state index contributed by atoms with van der Waals surface area (Å²) in [5.41, 5.74) is 2.44. The Bertz CT molecular complexity index is 1030. The van der Waals surface area contributed by atoms with Gasteiger partial charge in [-0.1, -0.05) is 24.3 Å². The number of nitrogens with zero attached hydrogens (tertiary/aromatic N) is 1. The zero-order chi connectivity index (χ0) is 15.8. The summed E-state index contributed by atoms with van der Waals surface area (Å²) in [5.74, 6) is 0. The molecule has 0 atom stereocenters. The van der Waals surface area contributed by atoms with Gasteiger partial charge >= 0.3 is 5.63 Å². The van der Waals surface area contributed by atoms with Crippen LogP contribution in [-0.4, -0.2) is 16.7 Å². The van der Waals surface area contributed by atoms with Gasteiger partial charge in [-0.25, -0.2) is 9.78 Å². The standard InChI is InChI=1S/C18H13NO3S/c20-8-7-11-5-6-12-10-13(18(21)22-15(12)9-11)17-19-14-3-1-2-4-16(14)23-17/h1-6,9-10,20H,7-8H2. The monoisotopic (exact) mass is 323 g/mol. The highest BCUT2D eigenvalue weighted by Crippen LogP contribution is 2.29. The van der Waals surface area contributed by atoms with E-state index in [4.69, 9.17) is 9.52 Å². The molecule has 0 aliphatic heterocycles. The molecule has 2 aromatic heterocycles. The van der Waals surface area contributed by atoms with Gasteiger partial charge in [0, 0.05) is 12.0 Å². The van der Waals surface area contributed by atoms with Crippen molar-refractivity contribution < 1.29 is 9.52 Å². The summed E-state index contributed by atoms with van der Waals surface area (Å²) in [6, 6.07) is 15.3. The molecule has 4 nitrogen and oxygen atoms in total. The fourth-order valence-electron chi connectivity index (χ4n) is 2.58. The van der Waals surface area contributed by atoms with Gasteiger partial charge in [0.05, 0.1) is 15.8 Å². The van der Waals surface area contributed by atoms with Crippen molar-refractivity contribution in [3.05, 3.63) is 64.5 Å². The van der Waals surface area contributed by atoms with Crippen molar-refractivity contribution in [1.82, 2.24) is 4.98 Å². The van der Waals surface area contributed by atoms with E-state index >= 15 is 0 Å². The molecule has 0 amide bonds. The van der Waals surface area contributed by atoms with Crippen molar-refractivity contribution in [1.29, 1.82) is 0 Å². The van der Waals surface area contributed by atoms with E-state index in [0.29, 0.717) is 22.6 Å². The van der Waals surface area contributed by atoms with Crippen LogP contribution in [0.1, 0.15) is 5.56 Å². The van der Waals surface area contributed by atoms with Crippen LogP contribution in [0.25, 0.3) is 31.8 Å². The number of para-hydroxylation sites is 1. The quantitative estimate of drug-likeness (QED) is 0.585. The van der Waals surface area contributed by atoms with Gasteiger partial charge in [-0.2, -0.15) is 0 Å². The van der Waals surface area contributed by atoms with Crippen LogP contribution in [0.3, 0.4) is 0 Å². The number of aromatic nitrogens is 1. The number of benzene rings is 2. The Balaban J connectivity index is 1.88. The van der Waals surface area contributed by atoms with Crippen LogP contribution in [0.2, 0.25) is 0 Å². The molecule has 0 aliphatic rings. The van der Waals surface area contributed by atoms with Crippen LogP contribution >= 0.6 is 11.3 Å². The third-order valence-corrected chi connectivity index (χ3v) is 4.79. The van der Waals surface area contributed by atoms with Crippen LogP contribution in [0.4, 0.5) is 0 Å². The molecule has 23 heavy (non-hydrogen) atoms. The Kier molecular flexibility index (Phi) is 3.44. The molecule has 0 aliphatic carbocycles. The second-order valence-electron chi connectivity index (χ2n) is 5.28. The first-order valence-corrected chi connectivity index (χ1v) is 8.10. The number of aliphatic hydroxyl groups excluding tert-OH is 1. The lowest BCUT2D eigenvalue weighted by atomic mass is 10.1. The van der Waals surface area contributed by atoms with Crippen molar-refractivity contribution in [2.24, 2.45) is 0 Å². The lowest BCUT2D eigenvalue weighted by Gasteiger charge is -2.02. The minimum atomic E-state index is -0.391. The first kappa shape index (κ1) is 14.1. The Hall–Kier alpha value is -2.50. The number of hydrogen-bond donors (Lipinski definition) is 1. The third-order valence-electron chi connectivity index (χ3n) is 3.73. The van der Waals surface area contributed by atoms with E-state index in [9.17, 15) is 4.79 Å². The van der Waals surface area contributed by atoms with E-state index in [0.717, 1.165) is 21.2 Å². The topological polar surface area (TPSA) is 63.3 Å². The maximum Gasteiger partial charge on any atom is 0.346 e. The van der Waals surface area contributed by atoms with E-state index in [1.807, 2.05) is 42.5 Å². The first-order valence-electron chi connectivity index (χ1n) is 7.28. The summed E-state index contributed by atoms with van der Waals surface area (Å²) < 4.78 is 6.50. The van der Waals surface area contributed by atoms with Crippen molar-refractivity contribution in [3.8, 4) is 10.6 Å². The van der Waals surface area contributed by atoms with E-state index in [1.54, 1.807) is 6.07 Å². The minimum absolute atomic E-state index is 0.0690. The number of rotatable bonds is 3. The predicted molar refractivity (Wildman–Crippen MR) is 91.9 cm³/mol. The zero-order valence-corrected chi connectivity index (χ0v) is 13.0. The largest absolute Gasteiger partial charge is 0.422 e. The van der Waals surface area contributed by atoms with Gasteiger partial charge in [-0.15, -0.1) is 11.3 Å². The van der Waals surface area contributed by atoms with E-state index < -0.39 is 5.63 Å². The minimum Gasteiger partial charge on any atom is -0.422 e. The number of thiazole rings is 1. The molecule has 114 valence electrons. The molecule has 4 rings (SSSR count). The molecule has 0 unspecified atom stereocenters. The number of aliphatic hydroxyl groups is 1. The van der Waals surface area contributed by atoms with Crippen LogP contribution < -0.4 is 5.63 Å². The summed E-state index contributed by atoms with van der Waals surface area (Å²) in [7, 11) is 0. The normalized spacial score (nSPS) is 11.3. The van der Waals surface area contributed by atoms with Crippen molar-refractivity contribution in [2.45, 2.75) is 6.42 Å². The second kappa shape index (κ2) is 5.61. The van der Waals surface area contributed by atoms with Gasteiger partial charge in [0.15, 0.2) is 0 Å². The van der Waals surface area contributed by atoms with Crippen LogP contribution in [-0.2, 0) is 6.42 Å². The van der Waals surface area contributed by atoms with Crippen molar-refractivity contribution in [2.75, 3.05) is 6.61 Å². The van der Waals surface area contributed by atoms with E-state index in [2.05, 4.69) is 4.98 Å². The Labute approximate surface area is 135 Å². The number of fused-ring (bicyclic) bond motifs is 2.